The third kappa shape index (κ3) is 6.68. The van der Waals surface area contributed by atoms with E-state index in [1.54, 1.807) is 45.0 Å². The Kier molecular flexibility index (Phi) is 7.83. The first-order valence-electron chi connectivity index (χ1n) is 12.1. The van der Waals surface area contributed by atoms with Crippen LogP contribution in [0.4, 0.5) is 16.2 Å². The SMILES string of the molecule is CC(C)(C)OC(=O)CN1C(=O)C(NC(=O)Nc2ccc(Cl)cc2)CC(c2ccccc2)c2ccccc21. The van der Waals surface area contributed by atoms with Crippen LogP contribution in [0.1, 0.15) is 44.2 Å². The van der Waals surface area contributed by atoms with Gasteiger partial charge < -0.3 is 15.4 Å². The summed E-state index contributed by atoms with van der Waals surface area (Å²) in [5.41, 5.74) is 2.36. The molecule has 1 aliphatic rings. The maximum Gasteiger partial charge on any atom is 0.326 e. The van der Waals surface area contributed by atoms with Gasteiger partial charge in [0.2, 0.25) is 5.91 Å². The zero-order chi connectivity index (χ0) is 26.6. The average molecular weight is 520 g/mol. The van der Waals surface area contributed by atoms with Gasteiger partial charge in [-0.15, -0.1) is 0 Å². The number of halogens is 1. The van der Waals surface area contributed by atoms with Gasteiger partial charge in [-0.05, 0) is 68.7 Å². The normalized spacial score (nSPS) is 17.4. The molecule has 7 nitrogen and oxygen atoms in total. The van der Waals surface area contributed by atoms with Crippen LogP contribution >= 0.6 is 11.6 Å². The highest BCUT2D eigenvalue weighted by atomic mass is 35.5. The average Bonchev–Trinajstić information content (AvgIpc) is 2.95. The van der Waals surface area contributed by atoms with Crippen LogP contribution in [0, 0.1) is 0 Å². The second-order valence-corrected chi connectivity index (χ2v) is 10.4. The summed E-state index contributed by atoms with van der Waals surface area (Å²) < 4.78 is 5.52. The second-order valence-electron chi connectivity index (χ2n) is 9.93. The molecule has 3 aromatic carbocycles. The standard InChI is InChI=1S/C29H30ClN3O4/c1-29(2,3)37-26(34)18-33-25-12-8-7-11-22(25)23(19-9-5-4-6-10-19)17-24(27(33)35)32-28(36)31-21-15-13-20(30)14-16-21/h4-16,23-24H,17-18H2,1-3H3,(H2,31,32,36). The van der Waals surface area contributed by atoms with Gasteiger partial charge in [0.1, 0.15) is 18.2 Å². The summed E-state index contributed by atoms with van der Waals surface area (Å²) in [5.74, 6) is -1.10. The Hall–Kier alpha value is -3.84. The largest absolute Gasteiger partial charge is 0.459 e. The van der Waals surface area contributed by atoms with E-state index in [0.29, 0.717) is 22.8 Å². The predicted octanol–water partition coefficient (Wildman–Crippen LogP) is 5.74. The number of rotatable bonds is 5. The third-order valence-corrected chi connectivity index (χ3v) is 6.21. The third-order valence-electron chi connectivity index (χ3n) is 5.96. The Morgan fingerprint density at radius 3 is 2.30 bits per heavy atom. The Labute approximate surface area is 221 Å². The fraction of sp³-hybridized carbons (Fsp3) is 0.276. The molecule has 192 valence electrons. The molecule has 3 amide bonds. The summed E-state index contributed by atoms with van der Waals surface area (Å²) >= 11 is 5.94. The Morgan fingerprint density at radius 1 is 0.973 bits per heavy atom. The van der Waals surface area contributed by atoms with Gasteiger partial charge in [-0.3, -0.25) is 14.5 Å². The molecule has 0 aliphatic carbocycles. The summed E-state index contributed by atoms with van der Waals surface area (Å²) in [6, 6.07) is 22.6. The van der Waals surface area contributed by atoms with Crippen molar-refractivity contribution >= 4 is 40.9 Å². The molecule has 0 fully saturated rings. The van der Waals surface area contributed by atoms with Gasteiger partial charge >= 0.3 is 12.0 Å². The summed E-state index contributed by atoms with van der Waals surface area (Å²) in [6.45, 7) is 5.06. The van der Waals surface area contributed by atoms with E-state index in [-0.39, 0.29) is 18.4 Å². The van der Waals surface area contributed by atoms with Crippen molar-refractivity contribution in [2.75, 3.05) is 16.8 Å². The maximum atomic E-state index is 13.9. The molecule has 2 atom stereocenters. The van der Waals surface area contributed by atoms with Crippen molar-refractivity contribution < 1.29 is 19.1 Å². The number of nitrogens with zero attached hydrogens (tertiary/aromatic N) is 1. The molecule has 2 N–H and O–H groups in total. The number of carbonyl (C=O) groups is 3. The molecule has 37 heavy (non-hydrogen) atoms. The van der Waals surface area contributed by atoms with Crippen LogP contribution in [0.15, 0.2) is 78.9 Å². The number of fused-ring (bicyclic) bond motifs is 1. The van der Waals surface area contributed by atoms with Crippen molar-refractivity contribution in [3.63, 3.8) is 0 Å². The maximum absolute atomic E-state index is 13.9. The molecule has 4 rings (SSSR count). The first-order valence-corrected chi connectivity index (χ1v) is 12.5. The van der Waals surface area contributed by atoms with Crippen molar-refractivity contribution in [3.05, 3.63) is 95.0 Å². The van der Waals surface area contributed by atoms with Crippen LogP contribution in [0.25, 0.3) is 0 Å². The molecule has 0 saturated carbocycles. The molecule has 1 aliphatic heterocycles. The number of benzene rings is 3. The van der Waals surface area contributed by atoms with E-state index in [1.165, 1.54) is 4.90 Å². The van der Waals surface area contributed by atoms with Crippen LogP contribution in [-0.4, -0.2) is 36.1 Å². The molecular formula is C29H30ClN3O4. The molecule has 1 heterocycles. The summed E-state index contributed by atoms with van der Waals surface area (Å²) in [5, 5.41) is 6.13. The fourth-order valence-electron chi connectivity index (χ4n) is 4.44. The van der Waals surface area contributed by atoms with Crippen LogP contribution in [0.2, 0.25) is 5.02 Å². The van der Waals surface area contributed by atoms with E-state index >= 15 is 0 Å². The van der Waals surface area contributed by atoms with Gasteiger partial charge in [-0.2, -0.15) is 0 Å². The Bertz CT molecular complexity index is 1270. The zero-order valence-corrected chi connectivity index (χ0v) is 21.8. The lowest BCUT2D eigenvalue weighted by molar-refractivity contribution is -0.153. The summed E-state index contributed by atoms with van der Waals surface area (Å²) in [7, 11) is 0. The summed E-state index contributed by atoms with van der Waals surface area (Å²) in [6.07, 6.45) is 0.318. The van der Waals surface area contributed by atoms with E-state index in [9.17, 15) is 14.4 Å². The smallest absolute Gasteiger partial charge is 0.326 e. The molecule has 0 aromatic heterocycles. The minimum Gasteiger partial charge on any atom is -0.459 e. The molecule has 0 spiro atoms. The number of nitrogens with one attached hydrogen (secondary N) is 2. The molecule has 2 unspecified atom stereocenters. The quantitative estimate of drug-likeness (QED) is 0.421. The highest BCUT2D eigenvalue weighted by molar-refractivity contribution is 6.30. The topological polar surface area (TPSA) is 87.7 Å². The number of carbonyl (C=O) groups excluding carboxylic acids is 3. The van der Waals surface area contributed by atoms with Crippen LogP contribution in [0.5, 0.6) is 0 Å². The molecule has 3 aromatic rings. The van der Waals surface area contributed by atoms with E-state index in [2.05, 4.69) is 10.6 Å². The zero-order valence-electron chi connectivity index (χ0n) is 21.0. The van der Waals surface area contributed by atoms with E-state index in [4.69, 9.17) is 16.3 Å². The fourth-order valence-corrected chi connectivity index (χ4v) is 4.57. The number of amides is 3. The van der Waals surface area contributed by atoms with Crippen LogP contribution in [-0.2, 0) is 14.3 Å². The predicted molar refractivity (Wildman–Crippen MR) is 145 cm³/mol. The van der Waals surface area contributed by atoms with Gasteiger partial charge in [0.05, 0.1) is 0 Å². The van der Waals surface area contributed by atoms with E-state index < -0.39 is 23.6 Å². The Morgan fingerprint density at radius 2 is 1.62 bits per heavy atom. The highest BCUT2D eigenvalue weighted by Crippen LogP contribution is 2.39. The van der Waals surface area contributed by atoms with Crippen LogP contribution in [0.3, 0.4) is 0 Å². The first kappa shape index (κ1) is 26.2. The van der Waals surface area contributed by atoms with Crippen molar-refractivity contribution in [2.24, 2.45) is 0 Å². The second kappa shape index (κ2) is 11.0. The molecule has 0 bridgehead atoms. The van der Waals surface area contributed by atoms with Gasteiger partial charge in [-0.25, -0.2) is 4.79 Å². The molecular weight excluding hydrogens is 490 g/mol. The van der Waals surface area contributed by atoms with Crippen molar-refractivity contribution in [1.82, 2.24) is 5.32 Å². The van der Waals surface area contributed by atoms with Gasteiger partial charge in [0, 0.05) is 22.3 Å². The van der Waals surface area contributed by atoms with Gasteiger partial charge in [0.15, 0.2) is 0 Å². The van der Waals surface area contributed by atoms with Gasteiger partial charge in [0.25, 0.3) is 0 Å². The number of hydrogen-bond donors (Lipinski definition) is 2. The van der Waals surface area contributed by atoms with Crippen molar-refractivity contribution in [3.8, 4) is 0 Å². The van der Waals surface area contributed by atoms with E-state index in [0.717, 1.165) is 11.1 Å². The van der Waals surface area contributed by atoms with Crippen LogP contribution < -0.4 is 15.5 Å². The minimum absolute atomic E-state index is 0.189. The number of esters is 1. The Balaban J connectivity index is 1.68. The number of anilines is 2. The minimum atomic E-state index is -0.896. The van der Waals surface area contributed by atoms with Crippen molar-refractivity contribution in [2.45, 2.75) is 44.8 Å². The van der Waals surface area contributed by atoms with E-state index in [1.807, 2.05) is 54.6 Å². The van der Waals surface area contributed by atoms with Gasteiger partial charge in [-0.1, -0.05) is 60.1 Å². The molecule has 8 heteroatoms. The monoisotopic (exact) mass is 519 g/mol. The highest BCUT2D eigenvalue weighted by Gasteiger charge is 2.38. The number of ether oxygens (including phenoxy) is 1. The lowest BCUT2D eigenvalue weighted by atomic mass is 9.86. The lowest BCUT2D eigenvalue weighted by Crippen LogP contribution is -2.51. The number of urea groups is 1. The number of para-hydroxylation sites is 1. The number of hydrogen-bond acceptors (Lipinski definition) is 4. The van der Waals surface area contributed by atoms with Crippen molar-refractivity contribution in [1.29, 1.82) is 0 Å². The summed E-state index contributed by atoms with van der Waals surface area (Å²) in [4.78, 5) is 41.0. The lowest BCUT2D eigenvalue weighted by Gasteiger charge is -2.27. The first-order chi connectivity index (χ1) is 17.6. The molecule has 0 saturated heterocycles. The molecule has 0 radical (unpaired) electrons.